The Morgan fingerprint density at radius 2 is 0.857 bits per heavy atom. The van der Waals surface area contributed by atoms with Crippen molar-refractivity contribution < 1.29 is 0 Å². The van der Waals surface area contributed by atoms with Crippen molar-refractivity contribution in [2.45, 2.75) is 0 Å². The van der Waals surface area contributed by atoms with E-state index in [1.165, 1.54) is 0 Å². The van der Waals surface area contributed by atoms with Crippen LogP contribution in [0.5, 0.6) is 0 Å². The smallest absolute Gasteiger partial charge is 0.235 e. The van der Waals surface area contributed by atoms with E-state index in [0.717, 1.165) is 22.8 Å². The molecule has 1 aromatic carbocycles. The molecule has 0 spiro atoms. The average Bonchev–Trinajstić information content (AvgIpc) is 3.45. The largest absolute Gasteiger partial charge is 0.268 e. The maximum atomic E-state index is 4.46. The van der Waals surface area contributed by atoms with Gasteiger partial charge in [0.25, 0.3) is 0 Å². The summed E-state index contributed by atoms with van der Waals surface area (Å²) in [5.74, 6) is 2.70. The van der Waals surface area contributed by atoms with Gasteiger partial charge in [-0.05, 0) is 12.1 Å². The van der Waals surface area contributed by atoms with E-state index in [9.17, 15) is 0 Å². The van der Waals surface area contributed by atoms with Crippen LogP contribution in [0.3, 0.4) is 0 Å². The number of aromatic nitrogens is 8. The highest BCUT2D eigenvalue weighted by molar-refractivity contribution is 5.65. The lowest BCUT2D eigenvalue weighted by atomic mass is 10.1. The van der Waals surface area contributed by atoms with Gasteiger partial charge in [-0.2, -0.15) is 0 Å². The van der Waals surface area contributed by atoms with Gasteiger partial charge in [0.15, 0.2) is 0 Å². The summed E-state index contributed by atoms with van der Waals surface area (Å²) >= 11 is 0. The van der Waals surface area contributed by atoms with Crippen LogP contribution >= 0.6 is 0 Å². The van der Waals surface area contributed by atoms with Crippen LogP contribution in [-0.4, -0.2) is 39.0 Å². The van der Waals surface area contributed by atoms with Gasteiger partial charge in [0.05, 0.1) is 0 Å². The second-order valence-corrected chi connectivity index (χ2v) is 5.92. The molecule has 0 amide bonds. The molecule has 0 aliphatic heterocycles. The monoisotopic (exact) mass is 366 g/mol. The standard InChI is InChI=1S/C20H14N8/c1-7-23-19(24-8-1)27-13-11-21-17(27)15-3-5-16(6-4-15)18-22-12-14-28(18)20-25-9-2-10-26-20/h1-14H. The van der Waals surface area contributed by atoms with E-state index in [2.05, 4.69) is 29.9 Å². The molecule has 0 bridgehead atoms. The fourth-order valence-corrected chi connectivity index (χ4v) is 2.96. The van der Waals surface area contributed by atoms with Gasteiger partial charge >= 0.3 is 0 Å². The first-order chi connectivity index (χ1) is 13.9. The van der Waals surface area contributed by atoms with Gasteiger partial charge in [-0.1, -0.05) is 24.3 Å². The molecule has 0 atom stereocenters. The van der Waals surface area contributed by atoms with Crippen LogP contribution in [0, 0.1) is 0 Å². The van der Waals surface area contributed by atoms with Crippen LogP contribution < -0.4 is 0 Å². The summed E-state index contributed by atoms with van der Waals surface area (Å²) in [6.45, 7) is 0. The van der Waals surface area contributed by atoms with Crippen molar-refractivity contribution >= 4 is 0 Å². The first kappa shape index (κ1) is 16.0. The van der Waals surface area contributed by atoms with Crippen molar-refractivity contribution in [3.05, 3.63) is 86.0 Å². The summed E-state index contributed by atoms with van der Waals surface area (Å²) in [4.78, 5) is 26.1. The van der Waals surface area contributed by atoms with Gasteiger partial charge < -0.3 is 0 Å². The summed E-state index contributed by atoms with van der Waals surface area (Å²) in [6.07, 6.45) is 14.0. The maximum Gasteiger partial charge on any atom is 0.235 e. The fourth-order valence-electron chi connectivity index (χ4n) is 2.96. The number of benzene rings is 1. The molecule has 5 aromatic rings. The molecule has 0 fully saturated rings. The molecule has 0 saturated carbocycles. The summed E-state index contributed by atoms with van der Waals surface area (Å²) in [5, 5.41) is 0. The molecule has 8 nitrogen and oxygen atoms in total. The molecule has 0 N–H and O–H groups in total. The first-order valence-corrected chi connectivity index (χ1v) is 8.62. The Morgan fingerprint density at radius 1 is 0.464 bits per heavy atom. The van der Waals surface area contributed by atoms with Crippen molar-refractivity contribution in [1.82, 2.24) is 39.0 Å². The summed E-state index contributed by atoms with van der Waals surface area (Å²) < 4.78 is 3.71. The normalized spacial score (nSPS) is 10.9. The summed E-state index contributed by atoms with van der Waals surface area (Å²) in [5.41, 5.74) is 1.91. The summed E-state index contributed by atoms with van der Waals surface area (Å²) in [6, 6.07) is 11.6. The molecule has 8 heteroatoms. The third-order valence-electron chi connectivity index (χ3n) is 4.22. The minimum absolute atomic E-state index is 0.579. The highest BCUT2D eigenvalue weighted by atomic mass is 15.2. The van der Waals surface area contributed by atoms with E-state index < -0.39 is 0 Å². The van der Waals surface area contributed by atoms with Crippen molar-refractivity contribution in [3.8, 4) is 34.7 Å². The second kappa shape index (κ2) is 6.84. The van der Waals surface area contributed by atoms with Crippen LogP contribution in [0.25, 0.3) is 34.7 Å². The SMILES string of the molecule is c1cnc(-n2ccnc2-c2ccc(-c3nccn3-c3ncccn3)cc2)nc1. The summed E-state index contributed by atoms with van der Waals surface area (Å²) in [7, 11) is 0. The van der Waals surface area contributed by atoms with E-state index in [1.54, 1.807) is 49.3 Å². The number of rotatable bonds is 4. The lowest BCUT2D eigenvalue weighted by Crippen LogP contribution is -2.02. The van der Waals surface area contributed by atoms with Gasteiger partial charge in [-0.15, -0.1) is 0 Å². The van der Waals surface area contributed by atoms with Crippen LogP contribution in [-0.2, 0) is 0 Å². The van der Waals surface area contributed by atoms with Gasteiger partial charge in [0.2, 0.25) is 11.9 Å². The Balaban J connectivity index is 1.51. The molecule has 0 aliphatic carbocycles. The van der Waals surface area contributed by atoms with Gasteiger partial charge in [0.1, 0.15) is 11.6 Å². The maximum absolute atomic E-state index is 4.46. The van der Waals surface area contributed by atoms with Crippen LogP contribution in [0.4, 0.5) is 0 Å². The van der Waals surface area contributed by atoms with E-state index in [1.807, 2.05) is 45.8 Å². The number of hydrogen-bond donors (Lipinski definition) is 0. The van der Waals surface area contributed by atoms with Gasteiger partial charge in [0, 0.05) is 60.7 Å². The molecule has 28 heavy (non-hydrogen) atoms. The zero-order chi connectivity index (χ0) is 18.8. The molecule has 0 unspecified atom stereocenters. The highest BCUT2D eigenvalue weighted by Crippen LogP contribution is 2.25. The van der Waals surface area contributed by atoms with E-state index in [4.69, 9.17) is 0 Å². The second-order valence-electron chi connectivity index (χ2n) is 5.92. The van der Waals surface area contributed by atoms with Crippen molar-refractivity contribution in [3.63, 3.8) is 0 Å². The van der Waals surface area contributed by atoms with E-state index in [0.29, 0.717) is 11.9 Å². The van der Waals surface area contributed by atoms with Crippen LogP contribution in [0.15, 0.2) is 86.0 Å². The molecule has 4 aromatic heterocycles. The van der Waals surface area contributed by atoms with Crippen LogP contribution in [0.1, 0.15) is 0 Å². The highest BCUT2D eigenvalue weighted by Gasteiger charge is 2.12. The van der Waals surface area contributed by atoms with Crippen molar-refractivity contribution in [1.29, 1.82) is 0 Å². The average molecular weight is 366 g/mol. The van der Waals surface area contributed by atoms with E-state index >= 15 is 0 Å². The molecule has 4 heterocycles. The Morgan fingerprint density at radius 3 is 1.25 bits per heavy atom. The fraction of sp³-hybridized carbons (Fsp3) is 0. The molecule has 0 saturated heterocycles. The predicted molar refractivity (Wildman–Crippen MR) is 103 cm³/mol. The molecule has 0 radical (unpaired) electrons. The van der Waals surface area contributed by atoms with Crippen molar-refractivity contribution in [2.75, 3.05) is 0 Å². The Kier molecular flexibility index (Phi) is 3.91. The molecule has 0 aliphatic rings. The van der Waals surface area contributed by atoms with Crippen LogP contribution in [0.2, 0.25) is 0 Å². The molecule has 134 valence electrons. The Labute approximate surface area is 160 Å². The van der Waals surface area contributed by atoms with Crippen molar-refractivity contribution in [2.24, 2.45) is 0 Å². The third kappa shape index (κ3) is 2.82. The topological polar surface area (TPSA) is 87.2 Å². The molecular formula is C20H14N8. The first-order valence-electron chi connectivity index (χ1n) is 8.62. The zero-order valence-corrected chi connectivity index (χ0v) is 14.7. The Hall–Kier alpha value is -4.20. The minimum atomic E-state index is 0.579. The number of hydrogen-bond acceptors (Lipinski definition) is 6. The molecule has 5 rings (SSSR count). The van der Waals surface area contributed by atoms with Gasteiger partial charge in [-0.25, -0.2) is 29.9 Å². The van der Waals surface area contributed by atoms with Gasteiger partial charge in [-0.3, -0.25) is 9.13 Å². The quantitative estimate of drug-likeness (QED) is 0.486. The number of nitrogens with zero attached hydrogens (tertiary/aromatic N) is 8. The molecular weight excluding hydrogens is 352 g/mol. The zero-order valence-electron chi connectivity index (χ0n) is 14.7. The minimum Gasteiger partial charge on any atom is -0.268 e. The predicted octanol–water partition coefficient (Wildman–Crippen LogP) is 2.97. The lowest BCUT2D eigenvalue weighted by Gasteiger charge is -2.08. The third-order valence-corrected chi connectivity index (χ3v) is 4.22. The van der Waals surface area contributed by atoms with E-state index in [-0.39, 0.29) is 0 Å². The lowest BCUT2D eigenvalue weighted by molar-refractivity contribution is 0.931. The number of imidazole rings is 2. The Bertz CT molecular complexity index is 1100.